The molecule has 0 aromatic carbocycles. The van der Waals surface area contributed by atoms with Crippen LogP contribution in [0.1, 0.15) is 32.6 Å². The van der Waals surface area contributed by atoms with Crippen molar-refractivity contribution >= 4 is 0 Å². The third kappa shape index (κ3) is 2.46. The zero-order valence-electron chi connectivity index (χ0n) is 8.47. The summed E-state index contributed by atoms with van der Waals surface area (Å²) in [7, 11) is 0. The molecule has 3 N–H and O–H groups in total. The third-order valence-corrected chi connectivity index (χ3v) is 3.10. The topological polar surface area (TPSA) is 38.0 Å². The minimum absolute atomic E-state index is 0.177. The first kappa shape index (κ1) is 10.6. The molecule has 1 rings (SSSR count). The van der Waals surface area contributed by atoms with Gasteiger partial charge in [-0.1, -0.05) is 6.92 Å². The van der Waals surface area contributed by atoms with Crippen LogP contribution in [-0.4, -0.2) is 18.6 Å². The van der Waals surface area contributed by atoms with Crippen molar-refractivity contribution in [1.29, 1.82) is 0 Å². The summed E-state index contributed by atoms with van der Waals surface area (Å²) in [5.41, 5.74) is 6.00. The van der Waals surface area contributed by atoms with Gasteiger partial charge >= 0.3 is 0 Å². The van der Waals surface area contributed by atoms with Crippen LogP contribution >= 0.6 is 0 Å². The minimum atomic E-state index is 0.177. The maximum atomic E-state index is 5.83. The molecule has 0 aromatic heterocycles. The van der Waals surface area contributed by atoms with E-state index in [-0.39, 0.29) is 5.54 Å². The molecule has 1 saturated carbocycles. The van der Waals surface area contributed by atoms with Crippen molar-refractivity contribution in [1.82, 2.24) is 5.32 Å². The first-order valence-corrected chi connectivity index (χ1v) is 5.17. The Morgan fingerprint density at radius 2 is 2.31 bits per heavy atom. The molecule has 1 aliphatic carbocycles. The normalized spacial score (nSPS) is 20.7. The zero-order valence-corrected chi connectivity index (χ0v) is 8.47. The van der Waals surface area contributed by atoms with Crippen molar-refractivity contribution < 1.29 is 0 Å². The SMILES string of the molecule is C#CCCNC(CC)(CN)C1CC1. The first-order chi connectivity index (χ1) is 6.29. The number of hydrogen-bond acceptors (Lipinski definition) is 2. The van der Waals surface area contributed by atoms with Gasteiger partial charge < -0.3 is 11.1 Å². The Balaban J connectivity index is 2.41. The van der Waals surface area contributed by atoms with Gasteiger partial charge in [-0.05, 0) is 25.2 Å². The molecule has 0 bridgehead atoms. The average molecular weight is 180 g/mol. The van der Waals surface area contributed by atoms with E-state index in [1.54, 1.807) is 0 Å². The van der Waals surface area contributed by atoms with Gasteiger partial charge in [0, 0.05) is 25.0 Å². The van der Waals surface area contributed by atoms with Crippen molar-refractivity contribution in [3.63, 3.8) is 0 Å². The van der Waals surface area contributed by atoms with E-state index in [4.69, 9.17) is 12.2 Å². The molecule has 1 aliphatic rings. The van der Waals surface area contributed by atoms with Crippen LogP contribution in [0.4, 0.5) is 0 Å². The van der Waals surface area contributed by atoms with Gasteiger partial charge in [0.2, 0.25) is 0 Å². The maximum Gasteiger partial charge on any atom is 0.0330 e. The van der Waals surface area contributed by atoms with Crippen molar-refractivity contribution in [3.05, 3.63) is 0 Å². The minimum Gasteiger partial charge on any atom is -0.329 e. The Hall–Kier alpha value is -0.520. The van der Waals surface area contributed by atoms with Crippen LogP contribution in [0.2, 0.25) is 0 Å². The fourth-order valence-electron chi connectivity index (χ4n) is 1.96. The van der Waals surface area contributed by atoms with E-state index < -0.39 is 0 Å². The summed E-state index contributed by atoms with van der Waals surface area (Å²) in [5.74, 6) is 3.44. The highest BCUT2D eigenvalue weighted by atomic mass is 15.0. The van der Waals surface area contributed by atoms with Gasteiger partial charge in [0.05, 0.1) is 0 Å². The van der Waals surface area contributed by atoms with Gasteiger partial charge in [0.25, 0.3) is 0 Å². The molecule has 0 saturated heterocycles. The van der Waals surface area contributed by atoms with Crippen molar-refractivity contribution in [3.8, 4) is 12.3 Å². The molecule has 1 fully saturated rings. The lowest BCUT2D eigenvalue weighted by Crippen LogP contribution is -2.53. The number of nitrogens with one attached hydrogen (secondary N) is 1. The van der Waals surface area contributed by atoms with Gasteiger partial charge in [-0.15, -0.1) is 12.3 Å². The predicted molar refractivity (Wildman–Crippen MR) is 56.3 cm³/mol. The van der Waals surface area contributed by atoms with Gasteiger partial charge in [0.1, 0.15) is 0 Å². The molecule has 0 aliphatic heterocycles. The fourth-order valence-corrected chi connectivity index (χ4v) is 1.96. The van der Waals surface area contributed by atoms with Crippen LogP contribution in [0.15, 0.2) is 0 Å². The van der Waals surface area contributed by atoms with Crippen LogP contribution in [0.25, 0.3) is 0 Å². The van der Waals surface area contributed by atoms with Crippen molar-refractivity contribution in [2.45, 2.75) is 38.1 Å². The lowest BCUT2D eigenvalue weighted by molar-refractivity contribution is 0.282. The second kappa shape index (κ2) is 4.64. The zero-order chi connectivity index (χ0) is 9.73. The summed E-state index contributed by atoms with van der Waals surface area (Å²) < 4.78 is 0. The van der Waals surface area contributed by atoms with E-state index in [9.17, 15) is 0 Å². The van der Waals surface area contributed by atoms with E-state index in [1.807, 2.05) is 0 Å². The Bertz CT molecular complexity index is 185. The van der Waals surface area contributed by atoms with Crippen LogP contribution in [-0.2, 0) is 0 Å². The smallest absolute Gasteiger partial charge is 0.0330 e. The van der Waals surface area contributed by atoms with E-state index in [1.165, 1.54) is 12.8 Å². The molecular formula is C11H20N2. The van der Waals surface area contributed by atoms with Crippen molar-refractivity contribution in [2.75, 3.05) is 13.1 Å². The van der Waals surface area contributed by atoms with E-state index in [0.29, 0.717) is 0 Å². The summed E-state index contributed by atoms with van der Waals surface area (Å²) >= 11 is 0. The third-order valence-electron chi connectivity index (χ3n) is 3.10. The molecule has 2 nitrogen and oxygen atoms in total. The molecule has 1 atom stereocenters. The highest BCUT2D eigenvalue weighted by Gasteiger charge is 2.42. The van der Waals surface area contributed by atoms with Gasteiger partial charge in [-0.3, -0.25) is 0 Å². The summed E-state index contributed by atoms with van der Waals surface area (Å²) in [6, 6.07) is 0. The van der Waals surface area contributed by atoms with Gasteiger partial charge in [-0.25, -0.2) is 0 Å². The van der Waals surface area contributed by atoms with Gasteiger partial charge in [-0.2, -0.15) is 0 Å². The van der Waals surface area contributed by atoms with E-state index >= 15 is 0 Å². The molecule has 0 aromatic rings. The van der Waals surface area contributed by atoms with Crippen LogP contribution in [0.3, 0.4) is 0 Å². The van der Waals surface area contributed by atoms with E-state index in [0.717, 1.165) is 31.8 Å². The van der Waals surface area contributed by atoms with Crippen LogP contribution < -0.4 is 11.1 Å². The standard InChI is InChI=1S/C11H20N2/c1-3-5-8-13-11(4-2,9-12)10-6-7-10/h1,10,13H,4-9,12H2,2H3. The number of nitrogens with two attached hydrogens (primary N) is 1. The monoisotopic (exact) mass is 180 g/mol. The Labute approximate surface area is 81.3 Å². The summed E-state index contributed by atoms with van der Waals surface area (Å²) in [6.45, 7) is 3.84. The molecule has 1 unspecified atom stereocenters. The molecular weight excluding hydrogens is 160 g/mol. The number of hydrogen-bond donors (Lipinski definition) is 2. The number of terminal acetylenes is 1. The average Bonchev–Trinajstić information content (AvgIpc) is 2.97. The van der Waals surface area contributed by atoms with E-state index in [2.05, 4.69) is 18.2 Å². The summed E-state index contributed by atoms with van der Waals surface area (Å²) in [4.78, 5) is 0. The second-order valence-corrected chi connectivity index (χ2v) is 3.87. The van der Waals surface area contributed by atoms with Crippen LogP contribution in [0, 0.1) is 18.3 Å². The second-order valence-electron chi connectivity index (χ2n) is 3.87. The molecule has 0 heterocycles. The Morgan fingerprint density at radius 1 is 1.62 bits per heavy atom. The lowest BCUT2D eigenvalue weighted by Gasteiger charge is -2.33. The highest BCUT2D eigenvalue weighted by molar-refractivity contribution is 5.01. The first-order valence-electron chi connectivity index (χ1n) is 5.17. The Morgan fingerprint density at radius 3 is 2.69 bits per heavy atom. The predicted octanol–water partition coefficient (Wildman–Crippen LogP) is 1.12. The molecule has 0 amide bonds. The molecule has 0 radical (unpaired) electrons. The van der Waals surface area contributed by atoms with Crippen molar-refractivity contribution in [2.24, 2.45) is 11.7 Å². The fraction of sp³-hybridized carbons (Fsp3) is 0.818. The Kier molecular flexibility index (Phi) is 3.77. The van der Waals surface area contributed by atoms with Crippen LogP contribution in [0.5, 0.6) is 0 Å². The number of rotatable bonds is 6. The molecule has 74 valence electrons. The molecule has 13 heavy (non-hydrogen) atoms. The molecule has 0 spiro atoms. The summed E-state index contributed by atoms with van der Waals surface area (Å²) in [5, 5.41) is 3.53. The lowest BCUT2D eigenvalue weighted by atomic mass is 9.90. The van der Waals surface area contributed by atoms with Gasteiger partial charge in [0.15, 0.2) is 0 Å². The largest absolute Gasteiger partial charge is 0.329 e. The summed E-state index contributed by atoms with van der Waals surface area (Å²) in [6.07, 6.45) is 9.78. The highest BCUT2D eigenvalue weighted by Crippen LogP contribution is 2.40. The maximum absolute atomic E-state index is 5.83. The molecule has 2 heteroatoms. The quantitative estimate of drug-likeness (QED) is 0.475.